The molecule has 0 atom stereocenters. The van der Waals surface area contributed by atoms with Crippen LogP contribution in [0.3, 0.4) is 0 Å². The number of benzene rings is 1. The topological polar surface area (TPSA) is 110 Å². The predicted octanol–water partition coefficient (Wildman–Crippen LogP) is 2.75. The van der Waals surface area contributed by atoms with Crippen molar-refractivity contribution in [3.05, 3.63) is 72.1 Å². The fraction of sp³-hybridized carbons (Fsp3) is 0.0526. The number of pyridine rings is 1. The highest BCUT2D eigenvalue weighted by molar-refractivity contribution is 5.97. The maximum atomic E-state index is 12.3. The highest BCUT2D eigenvalue weighted by atomic mass is 16.1. The molecule has 3 N–H and O–H groups in total. The number of H-pyrrole nitrogens is 2. The number of carbonyl (C=O) groups is 1. The predicted molar refractivity (Wildman–Crippen MR) is 96.0 cm³/mol. The largest absolute Gasteiger partial charge is 0.350 e. The van der Waals surface area contributed by atoms with Gasteiger partial charge in [0.15, 0.2) is 0 Å². The number of amides is 1. The Labute approximate surface area is 148 Å². The summed E-state index contributed by atoms with van der Waals surface area (Å²) in [4.78, 5) is 26.8. The van der Waals surface area contributed by atoms with Crippen LogP contribution in [0.15, 0.2) is 55.0 Å². The van der Waals surface area contributed by atoms with E-state index in [4.69, 9.17) is 5.26 Å². The first-order chi connectivity index (χ1) is 12.7. The maximum absolute atomic E-state index is 12.3. The zero-order chi connectivity index (χ0) is 17.9. The number of aromatic nitrogens is 4. The lowest BCUT2D eigenvalue weighted by atomic mass is 10.1. The van der Waals surface area contributed by atoms with Crippen molar-refractivity contribution in [1.82, 2.24) is 25.3 Å². The summed E-state index contributed by atoms with van der Waals surface area (Å²) in [5.41, 5.74) is 3.59. The Morgan fingerprint density at radius 3 is 2.96 bits per heavy atom. The van der Waals surface area contributed by atoms with Gasteiger partial charge in [-0.3, -0.25) is 9.78 Å². The van der Waals surface area contributed by atoms with Gasteiger partial charge < -0.3 is 15.3 Å². The molecule has 1 amide bonds. The lowest BCUT2D eigenvalue weighted by molar-refractivity contribution is 0.0946. The van der Waals surface area contributed by atoms with Crippen molar-refractivity contribution in [2.24, 2.45) is 0 Å². The molecule has 0 bridgehead atoms. The lowest BCUT2D eigenvalue weighted by Gasteiger charge is -2.01. The monoisotopic (exact) mass is 342 g/mol. The summed E-state index contributed by atoms with van der Waals surface area (Å²) in [6, 6.07) is 12.9. The minimum Gasteiger partial charge on any atom is -0.350 e. The summed E-state index contributed by atoms with van der Waals surface area (Å²) in [6.07, 6.45) is 5.07. The molecule has 7 heteroatoms. The Bertz CT molecular complexity index is 1100. The number of fused-ring (bicyclic) bond motifs is 1. The number of nitrogens with one attached hydrogen (secondary N) is 3. The fourth-order valence-electron chi connectivity index (χ4n) is 2.71. The average molecular weight is 342 g/mol. The van der Waals surface area contributed by atoms with E-state index in [0.717, 1.165) is 22.2 Å². The standard InChI is InChI=1S/C19H14N6O/c20-8-12-2-1-3-13(6-12)17-10-22-18(25-17)11-23-19(26)16-7-14-9-21-5-4-15(14)24-16/h1-7,9-10,24H,11H2,(H,22,25)(H,23,26). The van der Waals surface area contributed by atoms with E-state index in [0.29, 0.717) is 17.1 Å². The molecule has 4 aromatic rings. The number of hydrogen-bond acceptors (Lipinski definition) is 4. The van der Waals surface area contributed by atoms with Crippen LogP contribution in [0.2, 0.25) is 0 Å². The van der Waals surface area contributed by atoms with Crippen LogP contribution < -0.4 is 5.32 Å². The molecule has 126 valence electrons. The van der Waals surface area contributed by atoms with E-state index in [1.54, 1.807) is 36.8 Å². The first-order valence-corrected chi connectivity index (χ1v) is 7.98. The van der Waals surface area contributed by atoms with Gasteiger partial charge in [-0.1, -0.05) is 12.1 Å². The number of nitrogens with zero attached hydrogens (tertiary/aromatic N) is 3. The van der Waals surface area contributed by atoms with Gasteiger partial charge in [-0.2, -0.15) is 5.26 Å². The molecule has 26 heavy (non-hydrogen) atoms. The molecule has 0 unspecified atom stereocenters. The Morgan fingerprint density at radius 2 is 2.12 bits per heavy atom. The molecule has 0 aliphatic carbocycles. The SMILES string of the molecule is N#Cc1cccc(-c2cnc(CNC(=O)c3cc4cnccc4[nH]3)[nH]2)c1. The minimum absolute atomic E-state index is 0.217. The van der Waals surface area contributed by atoms with E-state index in [1.165, 1.54) is 0 Å². The molecule has 3 heterocycles. The van der Waals surface area contributed by atoms with Crippen LogP contribution in [0.25, 0.3) is 22.2 Å². The summed E-state index contributed by atoms with van der Waals surface area (Å²) in [5.74, 6) is 0.416. The molecule has 4 rings (SSSR count). The second kappa shape index (κ2) is 6.53. The van der Waals surface area contributed by atoms with Crippen molar-refractivity contribution in [3.63, 3.8) is 0 Å². The van der Waals surface area contributed by atoms with Crippen LogP contribution in [0.1, 0.15) is 21.9 Å². The Balaban J connectivity index is 1.46. The third-order valence-electron chi connectivity index (χ3n) is 4.01. The van der Waals surface area contributed by atoms with Crippen LogP contribution in [-0.4, -0.2) is 25.8 Å². The van der Waals surface area contributed by atoms with Crippen LogP contribution in [0.4, 0.5) is 0 Å². The second-order valence-electron chi connectivity index (χ2n) is 5.76. The first kappa shape index (κ1) is 15.6. The summed E-state index contributed by atoms with van der Waals surface area (Å²) >= 11 is 0. The molecule has 0 saturated carbocycles. The number of aromatic amines is 2. The number of carbonyl (C=O) groups excluding carboxylic acids is 1. The third kappa shape index (κ3) is 3.03. The molecule has 0 saturated heterocycles. The van der Waals surface area contributed by atoms with Gasteiger partial charge in [-0.15, -0.1) is 0 Å². The van der Waals surface area contributed by atoms with Crippen LogP contribution >= 0.6 is 0 Å². The zero-order valence-electron chi connectivity index (χ0n) is 13.7. The van der Waals surface area contributed by atoms with Gasteiger partial charge in [-0.05, 0) is 24.3 Å². The minimum atomic E-state index is -0.217. The van der Waals surface area contributed by atoms with Crippen molar-refractivity contribution in [3.8, 4) is 17.3 Å². The lowest BCUT2D eigenvalue weighted by Crippen LogP contribution is -2.23. The second-order valence-corrected chi connectivity index (χ2v) is 5.76. The maximum Gasteiger partial charge on any atom is 0.268 e. The van der Waals surface area contributed by atoms with E-state index in [1.807, 2.05) is 18.2 Å². The number of imidazole rings is 1. The average Bonchev–Trinajstić information content (AvgIpc) is 3.33. The van der Waals surface area contributed by atoms with Gasteiger partial charge in [-0.25, -0.2) is 4.98 Å². The summed E-state index contributed by atoms with van der Waals surface area (Å²) in [6.45, 7) is 0.268. The van der Waals surface area contributed by atoms with Crippen molar-refractivity contribution < 1.29 is 4.79 Å². The quantitative estimate of drug-likeness (QED) is 0.529. The summed E-state index contributed by atoms with van der Waals surface area (Å²) < 4.78 is 0. The normalized spacial score (nSPS) is 10.6. The number of rotatable bonds is 4. The Morgan fingerprint density at radius 1 is 1.19 bits per heavy atom. The summed E-state index contributed by atoms with van der Waals surface area (Å²) in [5, 5.41) is 12.7. The Kier molecular flexibility index (Phi) is 3.92. The molecular weight excluding hydrogens is 328 g/mol. The highest BCUT2D eigenvalue weighted by Crippen LogP contribution is 2.18. The Hall–Kier alpha value is -3.92. The van der Waals surface area contributed by atoms with Crippen molar-refractivity contribution in [2.45, 2.75) is 6.54 Å². The zero-order valence-corrected chi connectivity index (χ0v) is 13.7. The third-order valence-corrected chi connectivity index (χ3v) is 4.01. The molecule has 3 aromatic heterocycles. The van der Waals surface area contributed by atoms with Crippen LogP contribution in [0.5, 0.6) is 0 Å². The number of nitriles is 1. The van der Waals surface area contributed by atoms with Gasteiger partial charge in [0.05, 0.1) is 30.1 Å². The molecule has 0 aliphatic rings. The summed E-state index contributed by atoms with van der Waals surface area (Å²) in [7, 11) is 0. The van der Waals surface area contributed by atoms with Crippen LogP contribution in [-0.2, 0) is 6.54 Å². The molecule has 0 aliphatic heterocycles. The molecule has 0 fully saturated rings. The van der Waals surface area contributed by atoms with Gasteiger partial charge in [0, 0.05) is 28.9 Å². The van der Waals surface area contributed by atoms with Crippen molar-refractivity contribution in [1.29, 1.82) is 5.26 Å². The van der Waals surface area contributed by atoms with Gasteiger partial charge in [0.1, 0.15) is 11.5 Å². The smallest absolute Gasteiger partial charge is 0.268 e. The molecule has 1 aromatic carbocycles. The molecular formula is C19H14N6O. The van der Waals surface area contributed by atoms with E-state index >= 15 is 0 Å². The van der Waals surface area contributed by atoms with Crippen molar-refractivity contribution in [2.75, 3.05) is 0 Å². The van der Waals surface area contributed by atoms with Gasteiger partial charge >= 0.3 is 0 Å². The van der Waals surface area contributed by atoms with Gasteiger partial charge in [0.2, 0.25) is 0 Å². The van der Waals surface area contributed by atoms with E-state index < -0.39 is 0 Å². The fourth-order valence-corrected chi connectivity index (χ4v) is 2.71. The first-order valence-electron chi connectivity index (χ1n) is 7.98. The van der Waals surface area contributed by atoms with E-state index in [2.05, 4.69) is 31.3 Å². The van der Waals surface area contributed by atoms with E-state index in [9.17, 15) is 4.79 Å². The molecule has 0 spiro atoms. The van der Waals surface area contributed by atoms with Crippen LogP contribution in [0, 0.1) is 11.3 Å². The molecule has 0 radical (unpaired) electrons. The van der Waals surface area contributed by atoms with Gasteiger partial charge in [0.25, 0.3) is 5.91 Å². The molecule has 7 nitrogen and oxygen atoms in total. The highest BCUT2D eigenvalue weighted by Gasteiger charge is 2.10. The van der Waals surface area contributed by atoms with E-state index in [-0.39, 0.29) is 12.5 Å². The number of hydrogen-bond donors (Lipinski definition) is 3. The van der Waals surface area contributed by atoms with Crippen molar-refractivity contribution >= 4 is 16.8 Å².